The predicted octanol–water partition coefficient (Wildman–Crippen LogP) is 5.27. The molecule has 1 aliphatic carbocycles. The number of hydrogen-bond donors (Lipinski definition) is 0. The number of hydrogen-bond acceptors (Lipinski definition) is 7. The van der Waals surface area contributed by atoms with Crippen molar-refractivity contribution >= 4 is 21.4 Å². The van der Waals surface area contributed by atoms with Crippen LogP contribution in [0, 0.1) is 24.1 Å². The van der Waals surface area contributed by atoms with Crippen molar-refractivity contribution in [2.75, 3.05) is 30.3 Å². The molecule has 2 aromatic heterocycles. The number of benzene rings is 1. The van der Waals surface area contributed by atoms with Gasteiger partial charge in [0.2, 0.25) is 9.84 Å². The molecule has 1 aliphatic heterocycles. The van der Waals surface area contributed by atoms with Crippen LogP contribution < -0.4 is 9.64 Å². The lowest BCUT2D eigenvalue weighted by molar-refractivity contribution is 0.0887. The fourth-order valence-electron chi connectivity index (χ4n) is 5.05. The third-order valence-corrected chi connectivity index (χ3v) is 8.70. The van der Waals surface area contributed by atoms with Gasteiger partial charge in [0, 0.05) is 35.8 Å². The standard InChI is InChI=1S/C29H32FN3O4S/c1-19(2)15-37-23-13-21(12-22(30)14-23)25-9-8-24(28(32-25)33-17-29(18-33)10-5-11-29)26(34)16-38(35,36)27-7-4-6-20(3)31-27/h4,6-9,12-14,19H,5,10-11,15-18H2,1-3H3. The number of sulfone groups is 1. The van der Waals surface area contributed by atoms with Gasteiger partial charge < -0.3 is 9.64 Å². The van der Waals surface area contributed by atoms with Crippen LogP contribution >= 0.6 is 0 Å². The molecule has 38 heavy (non-hydrogen) atoms. The Labute approximate surface area is 223 Å². The van der Waals surface area contributed by atoms with E-state index in [4.69, 9.17) is 9.72 Å². The molecule has 0 radical (unpaired) electrons. The molecule has 0 atom stereocenters. The van der Waals surface area contributed by atoms with Crippen molar-refractivity contribution < 1.29 is 22.3 Å². The maximum absolute atomic E-state index is 14.5. The number of aryl methyl sites for hydroxylation is 1. The highest BCUT2D eigenvalue weighted by molar-refractivity contribution is 7.92. The highest BCUT2D eigenvalue weighted by Crippen LogP contribution is 2.49. The summed E-state index contributed by atoms with van der Waals surface area (Å²) >= 11 is 0. The summed E-state index contributed by atoms with van der Waals surface area (Å²) in [6.07, 6.45) is 3.47. The number of halogens is 1. The molecule has 2 fully saturated rings. The first kappa shape index (κ1) is 26.3. The zero-order valence-corrected chi connectivity index (χ0v) is 22.7. The fourth-order valence-corrected chi connectivity index (χ4v) is 6.26. The fraction of sp³-hybridized carbons (Fsp3) is 0.414. The zero-order chi connectivity index (χ0) is 27.1. The Hall–Kier alpha value is -3.33. The monoisotopic (exact) mass is 537 g/mol. The number of ether oxygens (including phenoxy) is 1. The number of aromatic nitrogens is 2. The Balaban J connectivity index is 1.47. The molecular weight excluding hydrogens is 505 g/mol. The first-order chi connectivity index (χ1) is 18.0. The molecule has 1 saturated carbocycles. The number of ketones is 1. The molecule has 200 valence electrons. The minimum atomic E-state index is -3.94. The number of pyridine rings is 2. The largest absolute Gasteiger partial charge is 0.493 e. The lowest BCUT2D eigenvalue weighted by Gasteiger charge is -2.56. The summed E-state index contributed by atoms with van der Waals surface area (Å²) in [4.78, 5) is 24.3. The molecule has 7 nitrogen and oxygen atoms in total. The molecule has 0 unspecified atom stereocenters. The number of rotatable bonds is 9. The van der Waals surface area contributed by atoms with E-state index in [1.807, 2.05) is 18.7 Å². The maximum Gasteiger partial charge on any atom is 0.203 e. The Kier molecular flexibility index (Phi) is 6.98. The van der Waals surface area contributed by atoms with Gasteiger partial charge in [0.05, 0.1) is 17.9 Å². The van der Waals surface area contributed by atoms with E-state index in [1.165, 1.54) is 24.6 Å². The minimum absolute atomic E-state index is 0.122. The van der Waals surface area contributed by atoms with E-state index in [2.05, 4.69) is 4.98 Å². The van der Waals surface area contributed by atoms with Gasteiger partial charge in [-0.1, -0.05) is 26.3 Å². The van der Waals surface area contributed by atoms with Crippen molar-refractivity contribution in [3.05, 3.63) is 65.6 Å². The molecular formula is C29H32FN3O4S. The first-order valence-electron chi connectivity index (χ1n) is 12.9. The summed E-state index contributed by atoms with van der Waals surface area (Å²) in [6.45, 7) is 7.72. The second-order valence-corrected chi connectivity index (χ2v) is 12.9. The lowest BCUT2D eigenvalue weighted by Crippen LogP contribution is -2.60. The Morgan fingerprint density at radius 2 is 1.87 bits per heavy atom. The van der Waals surface area contributed by atoms with Crippen LogP contribution in [-0.2, 0) is 9.84 Å². The average molecular weight is 538 g/mol. The van der Waals surface area contributed by atoms with Crippen LogP contribution in [0.5, 0.6) is 5.75 Å². The lowest BCUT2D eigenvalue weighted by atomic mass is 9.63. The van der Waals surface area contributed by atoms with Gasteiger partial charge in [-0.2, -0.15) is 0 Å². The van der Waals surface area contributed by atoms with Gasteiger partial charge >= 0.3 is 0 Å². The Morgan fingerprint density at radius 3 is 2.53 bits per heavy atom. The molecule has 0 bridgehead atoms. The van der Waals surface area contributed by atoms with Crippen LogP contribution in [-0.4, -0.2) is 49.6 Å². The van der Waals surface area contributed by atoms with Crippen molar-refractivity contribution in [1.82, 2.24) is 9.97 Å². The van der Waals surface area contributed by atoms with Gasteiger partial charge in [-0.15, -0.1) is 0 Å². The van der Waals surface area contributed by atoms with E-state index in [0.717, 1.165) is 25.9 Å². The number of carbonyl (C=O) groups excluding carboxylic acids is 1. The summed E-state index contributed by atoms with van der Waals surface area (Å²) in [5.41, 5.74) is 2.07. The molecule has 0 amide bonds. The molecule has 1 aromatic carbocycles. The van der Waals surface area contributed by atoms with Gasteiger partial charge in [-0.3, -0.25) is 4.79 Å². The molecule has 1 spiro atoms. The van der Waals surface area contributed by atoms with Crippen molar-refractivity contribution in [3.63, 3.8) is 0 Å². The number of anilines is 1. The summed E-state index contributed by atoms with van der Waals surface area (Å²) in [5, 5.41) is -0.122. The predicted molar refractivity (Wildman–Crippen MR) is 144 cm³/mol. The molecule has 5 rings (SSSR count). The van der Waals surface area contributed by atoms with Gasteiger partial charge in [-0.05, 0) is 62.1 Å². The second-order valence-electron chi connectivity index (χ2n) is 11.0. The second kappa shape index (κ2) is 10.1. The highest BCUT2D eigenvalue weighted by Gasteiger charge is 2.48. The van der Waals surface area contributed by atoms with E-state index in [-0.39, 0.29) is 21.9 Å². The quantitative estimate of drug-likeness (QED) is 0.344. The van der Waals surface area contributed by atoms with Crippen LogP contribution in [0.4, 0.5) is 10.2 Å². The number of Topliss-reactive ketones (excluding diaryl/α,β-unsaturated/α-hetero) is 1. The number of nitrogens with zero attached hydrogens (tertiary/aromatic N) is 3. The minimum Gasteiger partial charge on any atom is -0.493 e. The molecule has 3 heterocycles. The normalized spacial score (nSPS) is 16.3. The van der Waals surface area contributed by atoms with Gasteiger partial charge in [0.15, 0.2) is 10.8 Å². The SMILES string of the molecule is Cc1cccc(S(=O)(=O)CC(=O)c2ccc(-c3cc(F)cc(OCC(C)C)c3)nc2N2CC3(CCC3)C2)n1. The van der Waals surface area contributed by atoms with E-state index < -0.39 is 27.2 Å². The van der Waals surface area contributed by atoms with Crippen LogP contribution in [0.25, 0.3) is 11.3 Å². The summed E-state index contributed by atoms with van der Waals surface area (Å²) < 4.78 is 46.2. The average Bonchev–Trinajstić information content (AvgIpc) is 2.80. The van der Waals surface area contributed by atoms with E-state index in [1.54, 1.807) is 37.3 Å². The summed E-state index contributed by atoms with van der Waals surface area (Å²) in [5.74, 6) is -0.564. The Bertz CT molecular complexity index is 1480. The Morgan fingerprint density at radius 1 is 1.11 bits per heavy atom. The van der Waals surface area contributed by atoms with E-state index in [0.29, 0.717) is 35.1 Å². The van der Waals surface area contributed by atoms with Crippen LogP contribution in [0.15, 0.2) is 53.6 Å². The van der Waals surface area contributed by atoms with Crippen molar-refractivity contribution in [2.45, 2.75) is 45.1 Å². The summed E-state index contributed by atoms with van der Waals surface area (Å²) in [6, 6.07) is 12.4. The third-order valence-electron chi connectivity index (χ3n) is 7.19. The summed E-state index contributed by atoms with van der Waals surface area (Å²) in [7, 11) is -3.94. The van der Waals surface area contributed by atoms with Crippen LogP contribution in [0.2, 0.25) is 0 Å². The van der Waals surface area contributed by atoms with Crippen molar-refractivity contribution in [3.8, 4) is 17.0 Å². The van der Waals surface area contributed by atoms with E-state index >= 15 is 0 Å². The van der Waals surface area contributed by atoms with Gasteiger partial charge in [0.25, 0.3) is 0 Å². The number of carbonyl (C=O) groups is 1. The first-order valence-corrected chi connectivity index (χ1v) is 14.6. The van der Waals surface area contributed by atoms with Crippen molar-refractivity contribution in [1.29, 1.82) is 0 Å². The van der Waals surface area contributed by atoms with Gasteiger partial charge in [-0.25, -0.2) is 22.8 Å². The highest BCUT2D eigenvalue weighted by atomic mass is 32.2. The van der Waals surface area contributed by atoms with Crippen LogP contribution in [0.1, 0.15) is 49.2 Å². The molecule has 1 saturated heterocycles. The molecule has 3 aromatic rings. The molecule has 0 N–H and O–H groups in total. The van der Waals surface area contributed by atoms with E-state index in [9.17, 15) is 17.6 Å². The molecule has 2 aliphatic rings. The van der Waals surface area contributed by atoms with Crippen molar-refractivity contribution in [2.24, 2.45) is 11.3 Å². The van der Waals surface area contributed by atoms with Gasteiger partial charge in [0.1, 0.15) is 23.1 Å². The smallest absolute Gasteiger partial charge is 0.203 e. The maximum atomic E-state index is 14.5. The topological polar surface area (TPSA) is 89.5 Å². The zero-order valence-electron chi connectivity index (χ0n) is 21.9. The molecule has 9 heteroatoms. The van der Waals surface area contributed by atoms with Crippen LogP contribution in [0.3, 0.4) is 0 Å². The third kappa shape index (κ3) is 5.43.